The van der Waals surface area contributed by atoms with Crippen LogP contribution in [0.25, 0.3) is 0 Å². The molecule has 0 aliphatic heterocycles. The lowest BCUT2D eigenvalue weighted by Gasteiger charge is -2.24. The van der Waals surface area contributed by atoms with Gasteiger partial charge in [-0.25, -0.2) is 4.79 Å². The van der Waals surface area contributed by atoms with Crippen LogP contribution < -0.4 is 16.4 Å². The number of carboxylic acid groups (broad SMARTS) is 1. The number of hydrogen-bond acceptors (Lipinski definition) is 5. The Labute approximate surface area is 140 Å². The van der Waals surface area contributed by atoms with Crippen molar-refractivity contribution in [2.24, 2.45) is 11.7 Å². The van der Waals surface area contributed by atoms with Gasteiger partial charge < -0.3 is 26.6 Å². The van der Waals surface area contributed by atoms with Gasteiger partial charge in [0.1, 0.15) is 17.8 Å². The standard InChI is InChI=1S/C16H23N3O5/c1-9(2)14(19-13(21)8-17)15(22)18-12(16(23)24)7-10-3-5-11(20)6-4-10/h3-6,9,12,14,20H,7-8,17H2,1-2H3,(H,18,22)(H,19,21)(H,23,24)/t12-,14-/m0/s1. The second kappa shape index (κ2) is 8.88. The summed E-state index contributed by atoms with van der Waals surface area (Å²) >= 11 is 0. The summed E-state index contributed by atoms with van der Waals surface area (Å²) in [6, 6.07) is 4.00. The summed E-state index contributed by atoms with van der Waals surface area (Å²) in [4.78, 5) is 35.1. The summed E-state index contributed by atoms with van der Waals surface area (Å²) in [6.07, 6.45) is 0.0526. The van der Waals surface area contributed by atoms with Crippen molar-refractivity contribution in [1.82, 2.24) is 10.6 Å². The van der Waals surface area contributed by atoms with Gasteiger partial charge in [-0.1, -0.05) is 26.0 Å². The van der Waals surface area contributed by atoms with Gasteiger partial charge in [0, 0.05) is 6.42 Å². The number of benzene rings is 1. The lowest BCUT2D eigenvalue weighted by atomic mass is 10.0. The number of nitrogens with one attached hydrogen (secondary N) is 2. The Morgan fingerprint density at radius 3 is 2.17 bits per heavy atom. The van der Waals surface area contributed by atoms with Crippen LogP contribution in [-0.2, 0) is 20.8 Å². The molecule has 0 heterocycles. The molecule has 1 aromatic carbocycles. The van der Waals surface area contributed by atoms with Crippen LogP contribution in [0.1, 0.15) is 19.4 Å². The molecule has 0 spiro atoms. The lowest BCUT2D eigenvalue weighted by molar-refractivity contribution is -0.142. The fraction of sp³-hybridized carbons (Fsp3) is 0.438. The van der Waals surface area contributed by atoms with E-state index in [2.05, 4.69) is 10.6 Å². The van der Waals surface area contributed by atoms with E-state index in [1.54, 1.807) is 26.0 Å². The Kier molecular flexibility index (Phi) is 7.19. The van der Waals surface area contributed by atoms with Crippen molar-refractivity contribution < 1.29 is 24.6 Å². The topological polar surface area (TPSA) is 142 Å². The third-order valence-corrected chi connectivity index (χ3v) is 3.44. The minimum atomic E-state index is -1.19. The Balaban J connectivity index is 2.81. The molecule has 0 unspecified atom stereocenters. The highest BCUT2D eigenvalue weighted by atomic mass is 16.4. The fourth-order valence-electron chi connectivity index (χ4n) is 2.10. The second-order valence-corrected chi connectivity index (χ2v) is 5.76. The van der Waals surface area contributed by atoms with E-state index < -0.39 is 29.9 Å². The molecule has 1 rings (SSSR count). The zero-order valence-electron chi connectivity index (χ0n) is 13.7. The van der Waals surface area contributed by atoms with Gasteiger partial charge >= 0.3 is 5.97 Å². The molecule has 24 heavy (non-hydrogen) atoms. The monoisotopic (exact) mass is 337 g/mol. The zero-order chi connectivity index (χ0) is 18.3. The molecule has 132 valence electrons. The average Bonchev–Trinajstić information content (AvgIpc) is 2.53. The molecular weight excluding hydrogens is 314 g/mol. The molecular formula is C16H23N3O5. The summed E-state index contributed by atoms with van der Waals surface area (Å²) in [5.74, 6) is -2.43. The van der Waals surface area contributed by atoms with E-state index in [0.29, 0.717) is 5.56 Å². The summed E-state index contributed by atoms with van der Waals surface area (Å²) < 4.78 is 0. The molecule has 0 bridgehead atoms. The van der Waals surface area contributed by atoms with Crippen LogP contribution in [0.4, 0.5) is 0 Å². The number of nitrogens with two attached hydrogens (primary N) is 1. The Bertz CT molecular complexity index is 586. The first kappa shape index (κ1) is 19.4. The van der Waals surface area contributed by atoms with E-state index >= 15 is 0 Å². The van der Waals surface area contributed by atoms with Gasteiger partial charge in [0.15, 0.2) is 0 Å². The largest absolute Gasteiger partial charge is 0.508 e. The summed E-state index contributed by atoms with van der Waals surface area (Å²) in [5, 5.41) is 23.5. The molecule has 8 nitrogen and oxygen atoms in total. The predicted molar refractivity (Wildman–Crippen MR) is 87.2 cm³/mol. The number of hydrogen-bond donors (Lipinski definition) is 5. The van der Waals surface area contributed by atoms with Crippen molar-refractivity contribution in [2.45, 2.75) is 32.4 Å². The van der Waals surface area contributed by atoms with Crippen LogP contribution in [0.5, 0.6) is 5.75 Å². The quantitative estimate of drug-likeness (QED) is 0.437. The minimum absolute atomic E-state index is 0.0526. The van der Waals surface area contributed by atoms with Crippen LogP contribution in [0.3, 0.4) is 0 Å². The normalized spacial score (nSPS) is 13.2. The minimum Gasteiger partial charge on any atom is -0.508 e. The number of aromatic hydroxyl groups is 1. The van der Waals surface area contributed by atoms with Crippen molar-refractivity contribution in [3.63, 3.8) is 0 Å². The van der Waals surface area contributed by atoms with Crippen molar-refractivity contribution in [3.05, 3.63) is 29.8 Å². The molecule has 2 atom stereocenters. The van der Waals surface area contributed by atoms with E-state index in [1.165, 1.54) is 12.1 Å². The molecule has 2 amide bonds. The van der Waals surface area contributed by atoms with Gasteiger partial charge in [-0.15, -0.1) is 0 Å². The zero-order valence-corrected chi connectivity index (χ0v) is 13.7. The second-order valence-electron chi connectivity index (χ2n) is 5.76. The van der Waals surface area contributed by atoms with Crippen LogP contribution in [0.15, 0.2) is 24.3 Å². The first-order valence-corrected chi connectivity index (χ1v) is 7.55. The van der Waals surface area contributed by atoms with Crippen LogP contribution >= 0.6 is 0 Å². The Hall–Kier alpha value is -2.61. The van der Waals surface area contributed by atoms with Gasteiger partial charge in [0.25, 0.3) is 0 Å². The van der Waals surface area contributed by atoms with Gasteiger partial charge in [-0.05, 0) is 23.6 Å². The number of rotatable bonds is 8. The number of carbonyl (C=O) groups is 3. The first-order chi connectivity index (χ1) is 11.2. The van der Waals surface area contributed by atoms with Gasteiger partial charge in [0.2, 0.25) is 11.8 Å². The number of phenolic OH excluding ortho intramolecular Hbond substituents is 1. The molecule has 8 heteroatoms. The van der Waals surface area contributed by atoms with E-state index in [9.17, 15) is 24.6 Å². The lowest BCUT2D eigenvalue weighted by Crippen LogP contribution is -2.55. The molecule has 0 aliphatic carbocycles. The van der Waals surface area contributed by atoms with Gasteiger partial charge in [-0.3, -0.25) is 9.59 Å². The maximum atomic E-state index is 12.3. The predicted octanol–water partition coefficient (Wildman–Crippen LogP) is -0.396. The van der Waals surface area contributed by atoms with Gasteiger partial charge in [0.05, 0.1) is 6.54 Å². The molecule has 0 radical (unpaired) electrons. The summed E-state index contributed by atoms with van der Waals surface area (Å²) in [6.45, 7) is 3.21. The highest BCUT2D eigenvalue weighted by molar-refractivity contribution is 5.91. The van der Waals surface area contributed by atoms with Crippen molar-refractivity contribution in [3.8, 4) is 5.75 Å². The maximum absolute atomic E-state index is 12.3. The first-order valence-electron chi connectivity index (χ1n) is 7.55. The number of carbonyl (C=O) groups excluding carboxylic acids is 2. The van der Waals surface area contributed by atoms with Crippen LogP contribution in [-0.4, -0.2) is 46.6 Å². The van der Waals surface area contributed by atoms with E-state index in [4.69, 9.17) is 5.73 Å². The molecule has 1 aromatic rings. The van der Waals surface area contributed by atoms with E-state index in [0.717, 1.165) is 0 Å². The average molecular weight is 337 g/mol. The molecule has 0 saturated carbocycles. The molecule has 0 saturated heterocycles. The third kappa shape index (κ3) is 5.88. The van der Waals surface area contributed by atoms with Crippen LogP contribution in [0.2, 0.25) is 0 Å². The summed E-state index contributed by atoms with van der Waals surface area (Å²) in [5.41, 5.74) is 5.87. The van der Waals surface area contributed by atoms with Crippen molar-refractivity contribution in [1.29, 1.82) is 0 Å². The number of aliphatic carboxylic acids is 1. The Morgan fingerprint density at radius 2 is 1.71 bits per heavy atom. The molecule has 0 aromatic heterocycles. The van der Waals surface area contributed by atoms with Gasteiger partial charge in [-0.2, -0.15) is 0 Å². The smallest absolute Gasteiger partial charge is 0.326 e. The highest BCUT2D eigenvalue weighted by Crippen LogP contribution is 2.12. The number of amides is 2. The fourth-order valence-corrected chi connectivity index (χ4v) is 2.10. The molecule has 0 fully saturated rings. The van der Waals surface area contributed by atoms with E-state index in [-0.39, 0.29) is 24.6 Å². The Morgan fingerprint density at radius 1 is 1.12 bits per heavy atom. The maximum Gasteiger partial charge on any atom is 0.326 e. The van der Waals surface area contributed by atoms with E-state index in [1.807, 2.05) is 0 Å². The van der Waals surface area contributed by atoms with Crippen molar-refractivity contribution >= 4 is 17.8 Å². The summed E-state index contributed by atoms with van der Waals surface area (Å²) in [7, 11) is 0. The van der Waals surface area contributed by atoms with Crippen molar-refractivity contribution in [2.75, 3.05) is 6.54 Å². The SMILES string of the molecule is CC(C)[C@H](NC(=O)CN)C(=O)N[C@@H](Cc1ccc(O)cc1)C(=O)O. The molecule has 6 N–H and O–H groups in total. The van der Waals surface area contributed by atoms with Crippen LogP contribution in [0, 0.1) is 5.92 Å². The third-order valence-electron chi connectivity index (χ3n) is 3.44. The molecule has 0 aliphatic rings. The number of carboxylic acids is 1. The highest BCUT2D eigenvalue weighted by Gasteiger charge is 2.28. The number of phenols is 1.